The van der Waals surface area contributed by atoms with Crippen LogP contribution in [0.15, 0.2) is 47.8 Å². The van der Waals surface area contributed by atoms with Gasteiger partial charge in [-0.1, -0.05) is 35.9 Å². The predicted molar refractivity (Wildman–Crippen MR) is 112 cm³/mol. The summed E-state index contributed by atoms with van der Waals surface area (Å²) in [6, 6.07) is 12.5. The lowest BCUT2D eigenvalue weighted by atomic mass is 9.99. The number of benzene rings is 2. The average molecular weight is 423 g/mol. The van der Waals surface area contributed by atoms with Crippen LogP contribution in [0.2, 0.25) is 0 Å². The van der Waals surface area contributed by atoms with Crippen molar-refractivity contribution in [3.8, 4) is 0 Å². The quantitative estimate of drug-likeness (QED) is 0.617. The highest BCUT2D eigenvalue weighted by atomic mass is 32.1. The van der Waals surface area contributed by atoms with Gasteiger partial charge in [-0.15, -0.1) is 11.3 Å². The summed E-state index contributed by atoms with van der Waals surface area (Å²) in [6.07, 6.45) is 1.19. The van der Waals surface area contributed by atoms with Gasteiger partial charge in [0.05, 0.1) is 17.7 Å². The van der Waals surface area contributed by atoms with Crippen LogP contribution < -0.4 is 4.90 Å². The van der Waals surface area contributed by atoms with Gasteiger partial charge in [0.15, 0.2) is 0 Å². The number of fused-ring (bicyclic) bond motifs is 1. The Morgan fingerprint density at radius 1 is 1.10 bits per heavy atom. The number of thiophene rings is 1. The molecule has 0 aliphatic carbocycles. The third kappa shape index (κ3) is 3.64. The van der Waals surface area contributed by atoms with E-state index in [1.54, 1.807) is 6.07 Å². The fourth-order valence-electron chi connectivity index (χ4n) is 3.55. The minimum absolute atomic E-state index is 0.0310. The zero-order valence-electron chi connectivity index (χ0n) is 16.1. The number of carbonyl (C=O) groups is 3. The van der Waals surface area contributed by atoms with Crippen molar-refractivity contribution in [2.24, 2.45) is 0 Å². The molecular weight excluding hydrogens is 405 g/mol. The molecule has 0 fully saturated rings. The van der Waals surface area contributed by atoms with Crippen molar-refractivity contribution in [1.82, 2.24) is 0 Å². The van der Waals surface area contributed by atoms with Crippen LogP contribution in [0.4, 0.5) is 10.1 Å². The molecule has 3 aromatic rings. The molecule has 0 atom stereocenters. The SMILES string of the molecule is Cc1ccc(CCc2ccc(F)c(N3C(=O)Cc4csc(C(=O)O)c4C3=O)c2)cc1. The van der Waals surface area contributed by atoms with Crippen molar-refractivity contribution < 1.29 is 23.9 Å². The molecule has 1 aliphatic heterocycles. The minimum Gasteiger partial charge on any atom is -0.477 e. The Kier molecular flexibility index (Phi) is 5.22. The fraction of sp³-hybridized carbons (Fsp3) is 0.174. The lowest BCUT2D eigenvalue weighted by Gasteiger charge is -2.26. The van der Waals surface area contributed by atoms with Crippen LogP contribution in [0.1, 0.15) is 42.3 Å². The minimum atomic E-state index is -1.24. The van der Waals surface area contributed by atoms with E-state index in [0.717, 1.165) is 33.8 Å². The summed E-state index contributed by atoms with van der Waals surface area (Å²) in [5.74, 6) is -3.31. The van der Waals surface area contributed by atoms with Crippen LogP contribution in [0.3, 0.4) is 0 Å². The van der Waals surface area contributed by atoms with Crippen LogP contribution in [0, 0.1) is 12.7 Å². The second-order valence-corrected chi connectivity index (χ2v) is 8.13. The highest BCUT2D eigenvalue weighted by Gasteiger charge is 2.37. The van der Waals surface area contributed by atoms with Crippen molar-refractivity contribution in [1.29, 1.82) is 0 Å². The Hall–Kier alpha value is -3.32. The van der Waals surface area contributed by atoms with Crippen LogP contribution >= 0.6 is 11.3 Å². The smallest absolute Gasteiger partial charge is 0.346 e. The second kappa shape index (κ2) is 7.84. The first-order valence-corrected chi connectivity index (χ1v) is 10.3. The molecule has 4 rings (SSSR count). The Morgan fingerprint density at radius 2 is 1.77 bits per heavy atom. The summed E-state index contributed by atoms with van der Waals surface area (Å²) < 4.78 is 14.6. The molecule has 1 aromatic heterocycles. The largest absolute Gasteiger partial charge is 0.477 e. The van der Waals surface area contributed by atoms with Gasteiger partial charge in [0.2, 0.25) is 5.91 Å². The number of amides is 2. The average Bonchev–Trinajstić information content (AvgIpc) is 3.14. The number of imide groups is 1. The van der Waals surface area contributed by atoms with E-state index in [1.165, 1.54) is 23.1 Å². The Morgan fingerprint density at radius 3 is 2.47 bits per heavy atom. The second-order valence-electron chi connectivity index (χ2n) is 7.25. The number of hydrogen-bond donors (Lipinski definition) is 1. The van der Waals surface area contributed by atoms with E-state index in [1.807, 2.05) is 31.2 Å². The van der Waals surface area contributed by atoms with E-state index in [0.29, 0.717) is 12.0 Å². The van der Waals surface area contributed by atoms with Gasteiger partial charge < -0.3 is 5.11 Å². The van der Waals surface area contributed by atoms with Gasteiger partial charge in [0, 0.05) is 0 Å². The van der Waals surface area contributed by atoms with Gasteiger partial charge in [-0.25, -0.2) is 14.1 Å². The van der Waals surface area contributed by atoms with Crippen LogP contribution in [-0.2, 0) is 24.1 Å². The molecule has 0 saturated carbocycles. The molecular formula is C23H18FNO4S. The number of hydrogen-bond acceptors (Lipinski definition) is 4. The summed E-state index contributed by atoms with van der Waals surface area (Å²) in [5, 5.41) is 10.8. The topological polar surface area (TPSA) is 74.7 Å². The lowest BCUT2D eigenvalue weighted by Crippen LogP contribution is -2.43. The van der Waals surface area contributed by atoms with Gasteiger partial charge in [0.25, 0.3) is 5.91 Å². The molecule has 2 amide bonds. The van der Waals surface area contributed by atoms with E-state index in [9.17, 15) is 23.9 Å². The van der Waals surface area contributed by atoms with Crippen LogP contribution in [-0.4, -0.2) is 22.9 Å². The van der Waals surface area contributed by atoms with Gasteiger partial charge in [-0.05, 0) is 54.0 Å². The van der Waals surface area contributed by atoms with Crippen LogP contribution in [0.5, 0.6) is 0 Å². The molecule has 2 heterocycles. The highest BCUT2D eigenvalue weighted by molar-refractivity contribution is 7.12. The van der Waals surface area contributed by atoms with Gasteiger partial charge in [0.1, 0.15) is 10.7 Å². The standard InChI is InChI=1S/C23H18FNO4S/c1-13-2-4-14(5-3-13)6-7-15-8-9-17(24)18(10-15)25-19(26)11-16-12-30-21(23(28)29)20(16)22(25)27/h2-5,8-10,12H,6-7,11H2,1H3,(H,28,29). The molecule has 2 aromatic carbocycles. The number of aromatic carboxylic acids is 1. The number of carboxylic acids is 1. The van der Waals surface area contributed by atoms with Gasteiger partial charge in [-0.2, -0.15) is 0 Å². The summed E-state index contributed by atoms with van der Waals surface area (Å²) in [5.41, 5.74) is 3.28. The summed E-state index contributed by atoms with van der Waals surface area (Å²) >= 11 is 0.897. The molecule has 7 heteroatoms. The maximum absolute atomic E-state index is 14.6. The maximum atomic E-state index is 14.6. The molecule has 5 nitrogen and oxygen atoms in total. The van der Waals surface area contributed by atoms with Crippen molar-refractivity contribution >= 4 is 34.8 Å². The zero-order valence-corrected chi connectivity index (χ0v) is 17.0. The first-order valence-electron chi connectivity index (χ1n) is 9.40. The number of anilines is 1. The number of carboxylic acid groups (broad SMARTS) is 1. The van der Waals surface area contributed by atoms with Crippen LogP contribution in [0.25, 0.3) is 0 Å². The number of nitrogens with zero attached hydrogens (tertiary/aromatic N) is 1. The number of rotatable bonds is 5. The molecule has 0 bridgehead atoms. The number of aryl methyl sites for hydroxylation is 3. The van der Waals surface area contributed by atoms with Crippen molar-refractivity contribution in [3.63, 3.8) is 0 Å². The first-order chi connectivity index (χ1) is 14.3. The van der Waals surface area contributed by atoms with E-state index < -0.39 is 23.6 Å². The zero-order chi connectivity index (χ0) is 21.4. The number of halogens is 1. The summed E-state index contributed by atoms with van der Waals surface area (Å²) in [6.45, 7) is 2.01. The third-order valence-corrected chi connectivity index (χ3v) is 6.16. The van der Waals surface area contributed by atoms with E-state index >= 15 is 0 Å². The molecule has 152 valence electrons. The Bertz CT molecular complexity index is 1170. The first kappa shape index (κ1) is 20.0. The predicted octanol–water partition coefficient (Wildman–Crippen LogP) is 4.41. The van der Waals surface area contributed by atoms with Crippen molar-refractivity contribution in [2.45, 2.75) is 26.2 Å². The van der Waals surface area contributed by atoms with Crippen molar-refractivity contribution in [2.75, 3.05) is 4.90 Å². The lowest BCUT2D eigenvalue weighted by molar-refractivity contribution is -0.117. The summed E-state index contributed by atoms with van der Waals surface area (Å²) in [4.78, 5) is 37.7. The van der Waals surface area contributed by atoms with Gasteiger partial charge in [-0.3, -0.25) is 9.59 Å². The number of carbonyl (C=O) groups excluding carboxylic acids is 2. The Labute approximate surface area is 176 Å². The maximum Gasteiger partial charge on any atom is 0.346 e. The third-order valence-electron chi connectivity index (χ3n) is 5.14. The van der Waals surface area contributed by atoms with E-state index in [-0.39, 0.29) is 22.5 Å². The summed E-state index contributed by atoms with van der Waals surface area (Å²) in [7, 11) is 0. The molecule has 0 spiro atoms. The molecule has 1 N–H and O–H groups in total. The molecule has 0 radical (unpaired) electrons. The Balaban J connectivity index is 1.64. The molecule has 0 saturated heterocycles. The van der Waals surface area contributed by atoms with E-state index in [4.69, 9.17) is 0 Å². The van der Waals surface area contributed by atoms with Gasteiger partial charge >= 0.3 is 5.97 Å². The molecule has 1 aliphatic rings. The van der Waals surface area contributed by atoms with E-state index in [2.05, 4.69) is 0 Å². The highest BCUT2D eigenvalue weighted by Crippen LogP contribution is 2.33. The normalized spacial score (nSPS) is 13.5. The molecule has 30 heavy (non-hydrogen) atoms. The fourth-order valence-corrected chi connectivity index (χ4v) is 4.45. The molecule has 0 unspecified atom stereocenters. The van der Waals surface area contributed by atoms with Crippen molar-refractivity contribution in [3.05, 3.63) is 86.4 Å². The monoisotopic (exact) mass is 423 g/mol.